The second-order valence-corrected chi connectivity index (χ2v) is 7.26. The van der Waals surface area contributed by atoms with E-state index in [-0.39, 0.29) is 0 Å². The minimum atomic E-state index is 0.546. The van der Waals surface area contributed by atoms with E-state index < -0.39 is 0 Å². The van der Waals surface area contributed by atoms with E-state index >= 15 is 0 Å². The van der Waals surface area contributed by atoms with Gasteiger partial charge in [-0.1, -0.05) is 46.9 Å². The maximum absolute atomic E-state index is 6.15. The molecule has 0 saturated carbocycles. The predicted octanol–water partition coefficient (Wildman–Crippen LogP) is 7.87. The van der Waals surface area contributed by atoms with Gasteiger partial charge in [0.05, 0.1) is 5.69 Å². The molecule has 1 aromatic heterocycles. The molecule has 0 unspecified atom stereocenters. The van der Waals surface area contributed by atoms with Gasteiger partial charge in [0.2, 0.25) is 5.89 Å². The van der Waals surface area contributed by atoms with E-state index in [2.05, 4.69) is 9.98 Å². The van der Waals surface area contributed by atoms with Crippen LogP contribution in [0.5, 0.6) is 0 Å². The Bertz CT molecular complexity index is 1190. The van der Waals surface area contributed by atoms with Gasteiger partial charge in [0, 0.05) is 26.8 Å². The van der Waals surface area contributed by atoms with Gasteiger partial charge in [0.25, 0.3) is 0 Å². The van der Waals surface area contributed by atoms with Crippen molar-refractivity contribution in [2.24, 2.45) is 4.99 Å². The molecule has 0 saturated heterocycles. The summed E-state index contributed by atoms with van der Waals surface area (Å²) in [6.45, 7) is 0. The largest absolute Gasteiger partial charge is 0.436 e. The molecular formula is C22H13Cl3N2O. The zero-order valence-electron chi connectivity index (χ0n) is 14.4. The van der Waals surface area contributed by atoms with Gasteiger partial charge in [-0.2, -0.15) is 0 Å². The summed E-state index contributed by atoms with van der Waals surface area (Å²) in [4.78, 5) is 8.97. The highest BCUT2D eigenvalue weighted by atomic mass is 35.5. The van der Waals surface area contributed by atoms with Crippen molar-refractivity contribution in [2.45, 2.75) is 0 Å². The van der Waals surface area contributed by atoms with E-state index in [0.29, 0.717) is 26.5 Å². The van der Waals surface area contributed by atoms with E-state index in [1.54, 1.807) is 30.5 Å². The first-order chi connectivity index (χ1) is 13.6. The highest BCUT2D eigenvalue weighted by molar-refractivity contribution is 6.35. The minimum Gasteiger partial charge on any atom is -0.436 e. The number of allylic oxidation sites excluding steroid dienone is 1. The normalized spacial score (nSPS) is 11.8. The first-order valence-corrected chi connectivity index (χ1v) is 9.54. The summed E-state index contributed by atoms with van der Waals surface area (Å²) >= 11 is 18.0. The molecule has 0 radical (unpaired) electrons. The maximum atomic E-state index is 6.15. The van der Waals surface area contributed by atoms with Crippen LogP contribution in [-0.4, -0.2) is 11.2 Å². The molecule has 1 heterocycles. The first kappa shape index (κ1) is 18.8. The Morgan fingerprint density at radius 3 is 2.43 bits per heavy atom. The number of hydrogen-bond acceptors (Lipinski definition) is 3. The van der Waals surface area contributed by atoms with E-state index in [1.165, 1.54) is 0 Å². The van der Waals surface area contributed by atoms with Crippen LogP contribution in [0.15, 0.2) is 76.1 Å². The van der Waals surface area contributed by atoms with E-state index in [0.717, 1.165) is 22.3 Å². The molecule has 28 heavy (non-hydrogen) atoms. The first-order valence-electron chi connectivity index (χ1n) is 8.41. The zero-order chi connectivity index (χ0) is 19.5. The molecule has 0 spiro atoms. The molecule has 4 rings (SSSR count). The smallest absolute Gasteiger partial charge is 0.227 e. The van der Waals surface area contributed by atoms with E-state index in [4.69, 9.17) is 39.2 Å². The third-order valence-electron chi connectivity index (χ3n) is 4.01. The van der Waals surface area contributed by atoms with Crippen molar-refractivity contribution in [3.8, 4) is 11.5 Å². The number of aliphatic imine (C=N–C) groups is 1. The summed E-state index contributed by atoms with van der Waals surface area (Å²) in [5.41, 5.74) is 3.96. The van der Waals surface area contributed by atoms with Crippen molar-refractivity contribution in [2.75, 3.05) is 0 Å². The highest BCUT2D eigenvalue weighted by Crippen LogP contribution is 2.28. The standard InChI is InChI=1S/C22H13Cl3N2O/c23-16-6-4-15(5-7-16)22-27-20-13-18(9-10-21(20)28-22)26-11-1-2-14-3-8-17(24)12-19(14)25/h1-13H. The van der Waals surface area contributed by atoms with Crippen LogP contribution in [0.4, 0.5) is 5.69 Å². The average molecular weight is 428 g/mol. The minimum absolute atomic E-state index is 0.546. The molecule has 138 valence electrons. The lowest BCUT2D eigenvalue weighted by atomic mass is 10.2. The maximum Gasteiger partial charge on any atom is 0.227 e. The van der Waals surface area contributed by atoms with Gasteiger partial charge in [0.1, 0.15) is 5.52 Å². The number of rotatable bonds is 4. The summed E-state index contributed by atoms with van der Waals surface area (Å²) in [6, 6.07) is 18.3. The van der Waals surface area contributed by atoms with Gasteiger partial charge in [-0.05, 0) is 66.2 Å². The van der Waals surface area contributed by atoms with Gasteiger partial charge in [0.15, 0.2) is 5.58 Å². The third-order valence-corrected chi connectivity index (χ3v) is 4.82. The van der Waals surface area contributed by atoms with Crippen LogP contribution < -0.4 is 0 Å². The topological polar surface area (TPSA) is 38.4 Å². The Kier molecular flexibility index (Phi) is 5.49. The Hall–Kier alpha value is -2.59. The molecular weight excluding hydrogens is 415 g/mol. The third kappa shape index (κ3) is 4.28. The molecule has 0 fully saturated rings. The Labute approximate surface area is 176 Å². The second kappa shape index (κ2) is 8.19. The molecule has 0 N–H and O–H groups in total. The van der Waals surface area contributed by atoms with Crippen molar-refractivity contribution < 1.29 is 4.42 Å². The summed E-state index contributed by atoms with van der Waals surface area (Å²) in [6.07, 6.45) is 5.39. The van der Waals surface area contributed by atoms with Crippen molar-refractivity contribution in [3.63, 3.8) is 0 Å². The Balaban J connectivity index is 1.53. The number of aromatic nitrogens is 1. The van der Waals surface area contributed by atoms with Crippen LogP contribution in [0.25, 0.3) is 28.6 Å². The lowest BCUT2D eigenvalue weighted by molar-refractivity contribution is 0.620. The summed E-state index contributed by atoms with van der Waals surface area (Å²) < 4.78 is 5.81. The van der Waals surface area contributed by atoms with Crippen LogP contribution in [0.3, 0.4) is 0 Å². The highest BCUT2D eigenvalue weighted by Gasteiger charge is 2.08. The zero-order valence-corrected chi connectivity index (χ0v) is 16.7. The van der Waals surface area contributed by atoms with Gasteiger partial charge in [-0.3, -0.25) is 4.99 Å². The van der Waals surface area contributed by atoms with Crippen LogP contribution in [-0.2, 0) is 0 Å². The molecule has 3 nitrogen and oxygen atoms in total. The van der Waals surface area contributed by atoms with Crippen molar-refractivity contribution in [1.29, 1.82) is 0 Å². The Morgan fingerprint density at radius 2 is 1.64 bits per heavy atom. The van der Waals surface area contributed by atoms with Crippen LogP contribution >= 0.6 is 34.8 Å². The molecule has 0 aliphatic heterocycles. The van der Waals surface area contributed by atoms with Crippen molar-refractivity contribution in [1.82, 2.24) is 4.98 Å². The van der Waals surface area contributed by atoms with Crippen molar-refractivity contribution >= 4 is 63.9 Å². The van der Waals surface area contributed by atoms with Gasteiger partial charge < -0.3 is 4.42 Å². The number of oxazole rings is 1. The molecule has 0 atom stereocenters. The quantitative estimate of drug-likeness (QED) is 0.311. The molecule has 0 aliphatic carbocycles. The summed E-state index contributed by atoms with van der Waals surface area (Å²) in [5, 5.41) is 1.87. The lowest BCUT2D eigenvalue weighted by Gasteiger charge is -1.97. The van der Waals surface area contributed by atoms with Crippen LogP contribution in [0.2, 0.25) is 15.1 Å². The van der Waals surface area contributed by atoms with Crippen LogP contribution in [0.1, 0.15) is 5.56 Å². The molecule has 0 bridgehead atoms. The second-order valence-electron chi connectivity index (χ2n) is 5.98. The molecule has 0 amide bonds. The van der Waals surface area contributed by atoms with E-state index in [9.17, 15) is 0 Å². The molecule has 4 aromatic rings. The van der Waals surface area contributed by atoms with Gasteiger partial charge in [-0.15, -0.1) is 0 Å². The predicted molar refractivity (Wildman–Crippen MR) is 118 cm³/mol. The lowest BCUT2D eigenvalue weighted by Crippen LogP contribution is -1.76. The van der Waals surface area contributed by atoms with Gasteiger partial charge >= 0.3 is 0 Å². The fourth-order valence-electron chi connectivity index (χ4n) is 2.62. The number of fused-ring (bicyclic) bond motifs is 1. The summed E-state index contributed by atoms with van der Waals surface area (Å²) in [7, 11) is 0. The fraction of sp³-hybridized carbons (Fsp3) is 0. The SMILES string of the molecule is Clc1ccc(-c2nc3cc(N=CC=Cc4ccc(Cl)cc4Cl)ccc3o2)cc1. The molecule has 6 heteroatoms. The van der Waals surface area contributed by atoms with E-state index in [1.807, 2.05) is 48.6 Å². The molecule has 0 aliphatic rings. The Morgan fingerprint density at radius 1 is 0.857 bits per heavy atom. The molecule has 3 aromatic carbocycles. The number of halogens is 3. The average Bonchev–Trinajstić information content (AvgIpc) is 3.10. The number of nitrogens with zero attached hydrogens (tertiary/aromatic N) is 2. The number of hydrogen-bond donors (Lipinski definition) is 0. The fourth-order valence-corrected chi connectivity index (χ4v) is 3.22. The number of benzene rings is 3. The van der Waals surface area contributed by atoms with Crippen LogP contribution in [0, 0.1) is 0 Å². The monoisotopic (exact) mass is 426 g/mol. The van der Waals surface area contributed by atoms with Crippen molar-refractivity contribution in [3.05, 3.63) is 87.4 Å². The summed E-state index contributed by atoms with van der Waals surface area (Å²) in [5.74, 6) is 0.546. The van der Waals surface area contributed by atoms with Gasteiger partial charge in [-0.25, -0.2) is 4.98 Å².